The van der Waals surface area contributed by atoms with E-state index in [0.717, 1.165) is 43.2 Å². The van der Waals surface area contributed by atoms with Crippen LogP contribution in [0.5, 0.6) is 17.4 Å². The van der Waals surface area contributed by atoms with Crippen molar-refractivity contribution in [1.82, 2.24) is 25.5 Å². The average Bonchev–Trinajstić information content (AvgIpc) is 3.45. The summed E-state index contributed by atoms with van der Waals surface area (Å²) in [4.78, 5) is 10.9. The molecular weight excluding hydrogens is 451 g/mol. The molecule has 0 unspecified atom stereocenters. The molecule has 3 aliphatic heterocycles. The molecule has 2 N–H and O–H groups in total. The Kier molecular flexibility index (Phi) is 4.76. The molecule has 0 amide bonds. The van der Waals surface area contributed by atoms with Crippen LogP contribution < -0.4 is 19.7 Å². The van der Waals surface area contributed by atoms with E-state index < -0.39 is 6.17 Å². The molecular formula is C25H25FN6O3. The number of pyridine rings is 1. The van der Waals surface area contributed by atoms with E-state index in [-0.39, 0.29) is 30.7 Å². The van der Waals surface area contributed by atoms with E-state index >= 15 is 4.39 Å². The zero-order chi connectivity index (χ0) is 23.5. The number of alkyl halides is 1. The number of aromatic nitrogens is 4. The van der Waals surface area contributed by atoms with Crippen LogP contribution in [0.1, 0.15) is 32.1 Å². The second-order valence-corrected chi connectivity index (χ2v) is 9.74. The molecule has 4 aliphatic rings. The van der Waals surface area contributed by atoms with Gasteiger partial charge in [0.2, 0.25) is 12.7 Å². The average molecular weight is 477 g/mol. The summed E-state index contributed by atoms with van der Waals surface area (Å²) in [7, 11) is 0. The Bertz CT molecular complexity index is 1270. The van der Waals surface area contributed by atoms with Gasteiger partial charge < -0.3 is 24.8 Å². The number of nitrogens with zero attached hydrogens (tertiary/aromatic N) is 5. The number of fused-ring (bicyclic) bond motifs is 3. The molecule has 2 bridgehead atoms. The number of phenolic OH excluding ortho intramolecular Hbond substituents is 1. The molecule has 1 saturated carbocycles. The Morgan fingerprint density at radius 1 is 1.00 bits per heavy atom. The van der Waals surface area contributed by atoms with E-state index in [1.165, 1.54) is 0 Å². The van der Waals surface area contributed by atoms with E-state index in [9.17, 15) is 5.11 Å². The normalized spacial score (nSPS) is 26.7. The molecule has 4 atom stereocenters. The van der Waals surface area contributed by atoms with Crippen LogP contribution in [-0.4, -0.2) is 62.4 Å². The fourth-order valence-corrected chi connectivity index (χ4v) is 5.57. The monoisotopic (exact) mass is 476 g/mol. The van der Waals surface area contributed by atoms with Crippen LogP contribution in [0.25, 0.3) is 22.4 Å². The Labute approximate surface area is 201 Å². The Hall–Kier alpha value is -3.53. The van der Waals surface area contributed by atoms with Crippen molar-refractivity contribution < 1.29 is 19.0 Å². The molecule has 2 aromatic heterocycles. The van der Waals surface area contributed by atoms with Crippen LogP contribution in [0.15, 0.2) is 36.7 Å². The standard InChI is InChI=1S/C25H25FN6O3/c26-23-18-6-2-15(29-18)9-20(23)32(16-3-4-16)25-28-11-19(30-31-25)17-5-1-13(7-21(17)33)14-8-22-24(27-10-14)35-12-34-22/h1,5,7-8,10-11,15-16,18,20,23,29,33H,2-4,6,9,12H2/t15-,18-,20+,23-/m0/s1. The first kappa shape index (κ1) is 20.8. The lowest BCUT2D eigenvalue weighted by molar-refractivity contribution is 0.171. The SMILES string of the molecule is Oc1cc(-c2cnc3c(c2)OCO3)ccc1-c1cnc(N(C2CC2)[C@@H]2C[C@@H]3CC[C@H](N3)[C@@H]2F)nn1. The van der Waals surface area contributed by atoms with Crippen LogP contribution in [0.4, 0.5) is 10.3 Å². The van der Waals surface area contributed by atoms with Gasteiger partial charge in [0, 0.05) is 35.4 Å². The summed E-state index contributed by atoms with van der Waals surface area (Å²) in [6.07, 6.45) is 7.05. The molecule has 2 saturated heterocycles. The van der Waals surface area contributed by atoms with Gasteiger partial charge in [-0.3, -0.25) is 0 Å². The lowest BCUT2D eigenvalue weighted by Gasteiger charge is -2.40. The molecule has 5 heterocycles. The second-order valence-electron chi connectivity index (χ2n) is 9.74. The molecule has 0 radical (unpaired) electrons. The highest BCUT2D eigenvalue weighted by atomic mass is 19.1. The summed E-state index contributed by atoms with van der Waals surface area (Å²) >= 11 is 0. The predicted molar refractivity (Wildman–Crippen MR) is 125 cm³/mol. The molecule has 9 nitrogen and oxygen atoms in total. The summed E-state index contributed by atoms with van der Waals surface area (Å²) in [6, 6.07) is 7.46. The van der Waals surface area contributed by atoms with Gasteiger partial charge in [-0.2, -0.15) is 0 Å². The van der Waals surface area contributed by atoms with Crippen molar-refractivity contribution in [3.8, 4) is 39.8 Å². The molecule has 1 aliphatic carbocycles. The molecule has 3 fully saturated rings. The van der Waals surface area contributed by atoms with Crippen molar-refractivity contribution in [3.05, 3.63) is 36.7 Å². The van der Waals surface area contributed by atoms with Crippen molar-refractivity contribution in [1.29, 1.82) is 0 Å². The number of phenols is 1. The first-order chi connectivity index (χ1) is 17.1. The number of aromatic hydroxyl groups is 1. The minimum Gasteiger partial charge on any atom is -0.507 e. The maximum Gasteiger partial charge on any atom is 0.260 e. The number of benzene rings is 1. The van der Waals surface area contributed by atoms with Crippen molar-refractivity contribution in [2.45, 2.75) is 62.4 Å². The number of rotatable bonds is 5. The van der Waals surface area contributed by atoms with Crippen molar-refractivity contribution in [2.75, 3.05) is 11.7 Å². The minimum atomic E-state index is -0.945. The third-order valence-electron chi connectivity index (χ3n) is 7.47. The number of piperidine rings is 1. The zero-order valence-corrected chi connectivity index (χ0v) is 19.0. The molecule has 35 heavy (non-hydrogen) atoms. The van der Waals surface area contributed by atoms with Gasteiger partial charge in [0.15, 0.2) is 5.75 Å². The quantitative estimate of drug-likeness (QED) is 0.574. The summed E-state index contributed by atoms with van der Waals surface area (Å²) in [6.45, 7) is 0.153. The summed E-state index contributed by atoms with van der Waals surface area (Å²) < 4.78 is 25.9. The van der Waals surface area contributed by atoms with Gasteiger partial charge in [-0.15, -0.1) is 10.2 Å². The highest BCUT2D eigenvalue weighted by molar-refractivity contribution is 5.74. The third kappa shape index (κ3) is 3.63. The Balaban J connectivity index is 1.15. The first-order valence-corrected chi connectivity index (χ1v) is 12.1. The molecule has 0 spiro atoms. The van der Waals surface area contributed by atoms with E-state index in [0.29, 0.717) is 34.9 Å². The maximum absolute atomic E-state index is 15.3. The summed E-state index contributed by atoms with van der Waals surface area (Å²) in [5.74, 6) is 1.57. The maximum atomic E-state index is 15.3. The van der Waals surface area contributed by atoms with Gasteiger partial charge in [-0.1, -0.05) is 6.07 Å². The Morgan fingerprint density at radius 3 is 2.71 bits per heavy atom. The van der Waals surface area contributed by atoms with Gasteiger partial charge in [0.05, 0.1) is 12.2 Å². The van der Waals surface area contributed by atoms with Crippen LogP contribution >= 0.6 is 0 Å². The van der Waals surface area contributed by atoms with Crippen LogP contribution in [-0.2, 0) is 0 Å². The number of hydrogen-bond donors (Lipinski definition) is 2. The molecule has 10 heteroatoms. The minimum absolute atomic E-state index is 0.0572. The summed E-state index contributed by atoms with van der Waals surface area (Å²) in [5, 5.41) is 22.9. The molecule has 7 rings (SSSR count). The fraction of sp³-hybridized carbons (Fsp3) is 0.440. The number of hydrogen-bond acceptors (Lipinski definition) is 9. The van der Waals surface area contributed by atoms with Crippen LogP contribution in [0.3, 0.4) is 0 Å². The van der Waals surface area contributed by atoms with E-state index in [2.05, 4.69) is 30.4 Å². The lowest BCUT2D eigenvalue weighted by atomic mass is 9.96. The third-order valence-corrected chi connectivity index (χ3v) is 7.47. The zero-order valence-electron chi connectivity index (χ0n) is 19.0. The highest BCUT2D eigenvalue weighted by Gasteiger charge is 2.48. The Morgan fingerprint density at radius 2 is 1.91 bits per heavy atom. The van der Waals surface area contributed by atoms with E-state index in [4.69, 9.17) is 9.47 Å². The van der Waals surface area contributed by atoms with Gasteiger partial charge in [-0.25, -0.2) is 14.4 Å². The van der Waals surface area contributed by atoms with Gasteiger partial charge in [0.25, 0.3) is 5.88 Å². The largest absolute Gasteiger partial charge is 0.507 e. The highest BCUT2D eigenvalue weighted by Crippen LogP contribution is 2.40. The smallest absolute Gasteiger partial charge is 0.260 e. The van der Waals surface area contributed by atoms with Gasteiger partial charge >= 0.3 is 0 Å². The summed E-state index contributed by atoms with van der Waals surface area (Å²) in [5.41, 5.74) is 2.56. The number of ether oxygens (including phenoxy) is 2. The van der Waals surface area contributed by atoms with Gasteiger partial charge in [0.1, 0.15) is 17.6 Å². The van der Waals surface area contributed by atoms with E-state index in [1.54, 1.807) is 24.5 Å². The fourth-order valence-electron chi connectivity index (χ4n) is 5.57. The topological polar surface area (TPSA) is 106 Å². The number of halogens is 1. The number of anilines is 1. The predicted octanol–water partition coefficient (Wildman–Crippen LogP) is 3.23. The van der Waals surface area contributed by atoms with Crippen molar-refractivity contribution in [3.63, 3.8) is 0 Å². The molecule has 180 valence electrons. The van der Waals surface area contributed by atoms with Crippen molar-refractivity contribution >= 4 is 5.95 Å². The molecule has 3 aromatic rings. The lowest BCUT2D eigenvalue weighted by Crippen LogP contribution is -2.57. The van der Waals surface area contributed by atoms with Crippen molar-refractivity contribution in [2.24, 2.45) is 0 Å². The van der Waals surface area contributed by atoms with Gasteiger partial charge in [-0.05, 0) is 55.9 Å². The van der Waals surface area contributed by atoms with Crippen LogP contribution in [0.2, 0.25) is 0 Å². The van der Waals surface area contributed by atoms with Crippen LogP contribution in [0, 0.1) is 0 Å². The second kappa shape index (κ2) is 8.01. The molecule has 1 aromatic carbocycles. The first-order valence-electron chi connectivity index (χ1n) is 12.1. The number of nitrogens with one attached hydrogen (secondary N) is 1. The van der Waals surface area contributed by atoms with E-state index in [1.807, 2.05) is 12.1 Å².